The predicted molar refractivity (Wildman–Crippen MR) is 76.5 cm³/mol. The summed E-state index contributed by atoms with van der Waals surface area (Å²) in [4.78, 5) is 10.4. The summed E-state index contributed by atoms with van der Waals surface area (Å²) in [6.45, 7) is 0.0404. The molecular formula is C14H9ClFN3O2. The van der Waals surface area contributed by atoms with Crippen molar-refractivity contribution in [2.24, 2.45) is 0 Å². The van der Waals surface area contributed by atoms with Gasteiger partial charge in [-0.05, 0) is 24.3 Å². The Labute approximate surface area is 124 Å². The average Bonchev–Trinajstić information content (AvgIpc) is 2.45. The third kappa shape index (κ3) is 3.27. The minimum absolute atomic E-state index is 0.00491. The van der Waals surface area contributed by atoms with Crippen LogP contribution in [0.25, 0.3) is 0 Å². The lowest BCUT2D eigenvalue weighted by molar-refractivity contribution is -0.383. The summed E-state index contributed by atoms with van der Waals surface area (Å²) in [6.07, 6.45) is 0. The van der Waals surface area contributed by atoms with Gasteiger partial charge in [-0.3, -0.25) is 10.1 Å². The molecule has 0 heterocycles. The third-order valence-corrected chi connectivity index (χ3v) is 3.13. The smallest absolute Gasteiger partial charge is 0.310 e. The van der Waals surface area contributed by atoms with Crippen molar-refractivity contribution in [1.29, 1.82) is 5.26 Å². The second-order valence-electron chi connectivity index (χ2n) is 4.16. The quantitative estimate of drug-likeness (QED) is 0.687. The molecule has 7 heteroatoms. The van der Waals surface area contributed by atoms with E-state index >= 15 is 0 Å². The molecule has 0 amide bonds. The van der Waals surface area contributed by atoms with Gasteiger partial charge >= 0.3 is 5.69 Å². The van der Waals surface area contributed by atoms with Gasteiger partial charge in [0.05, 0.1) is 16.6 Å². The number of nitro groups is 1. The highest BCUT2D eigenvalue weighted by atomic mass is 35.5. The predicted octanol–water partition coefficient (Wildman–Crippen LogP) is 3.87. The van der Waals surface area contributed by atoms with Gasteiger partial charge in [0.25, 0.3) is 0 Å². The molecule has 0 aromatic heterocycles. The number of para-hydroxylation sites is 1. The van der Waals surface area contributed by atoms with Crippen molar-refractivity contribution in [3.63, 3.8) is 0 Å². The molecule has 1 N–H and O–H groups in total. The Balaban J connectivity index is 2.23. The highest BCUT2D eigenvalue weighted by molar-refractivity contribution is 6.33. The molecule has 106 valence electrons. The van der Waals surface area contributed by atoms with Crippen molar-refractivity contribution < 1.29 is 9.31 Å². The van der Waals surface area contributed by atoms with Crippen LogP contribution in [0.2, 0.25) is 5.02 Å². The van der Waals surface area contributed by atoms with Crippen LogP contribution in [0.5, 0.6) is 0 Å². The number of hydrogen-bond donors (Lipinski definition) is 1. The number of anilines is 1. The molecule has 2 aromatic rings. The van der Waals surface area contributed by atoms with Crippen molar-refractivity contribution in [3.05, 3.63) is 68.5 Å². The zero-order chi connectivity index (χ0) is 15.4. The largest absolute Gasteiger partial charge is 0.375 e. The summed E-state index contributed by atoms with van der Waals surface area (Å²) >= 11 is 5.79. The van der Waals surface area contributed by atoms with E-state index in [1.165, 1.54) is 24.3 Å². The van der Waals surface area contributed by atoms with E-state index in [0.29, 0.717) is 5.56 Å². The monoisotopic (exact) mass is 305 g/mol. The van der Waals surface area contributed by atoms with Gasteiger partial charge in [-0.2, -0.15) is 5.26 Å². The van der Waals surface area contributed by atoms with Crippen LogP contribution < -0.4 is 5.32 Å². The summed E-state index contributed by atoms with van der Waals surface area (Å²) in [6, 6.07) is 10.3. The Bertz CT molecular complexity index is 743. The number of rotatable bonds is 4. The Morgan fingerprint density at radius 3 is 2.76 bits per heavy atom. The molecule has 5 nitrogen and oxygen atoms in total. The number of hydrogen-bond acceptors (Lipinski definition) is 4. The highest BCUT2D eigenvalue weighted by Crippen LogP contribution is 2.32. The van der Waals surface area contributed by atoms with Crippen LogP contribution >= 0.6 is 11.6 Å². The van der Waals surface area contributed by atoms with E-state index in [1.54, 1.807) is 6.07 Å². The van der Waals surface area contributed by atoms with Crippen LogP contribution in [0.4, 0.5) is 15.8 Å². The molecule has 2 aromatic carbocycles. The molecular weight excluding hydrogens is 297 g/mol. The molecule has 0 spiro atoms. The zero-order valence-corrected chi connectivity index (χ0v) is 11.4. The minimum atomic E-state index is -0.597. The lowest BCUT2D eigenvalue weighted by atomic mass is 10.1. The van der Waals surface area contributed by atoms with E-state index < -0.39 is 10.7 Å². The lowest BCUT2D eigenvalue weighted by Crippen LogP contribution is -2.04. The topological polar surface area (TPSA) is 79.0 Å². The maximum absolute atomic E-state index is 13.7. The molecule has 2 rings (SSSR count). The fourth-order valence-corrected chi connectivity index (χ4v) is 2.04. The Morgan fingerprint density at radius 2 is 2.14 bits per heavy atom. The van der Waals surface area contributed by atoms with E-state index in [9.17, 15) is 14.5 Å². The fraction of sp³-hybridized carbons (Fsp3) is 0.0714. The number of nitriles is 1. The van der Waals surface area contributed by atoms with Gasteiger partial charge in [0, 0.05) is 12.1 Å². The first-order valence-electron chi connectivity index (χ1n) is 5.88. The van der Waals surface area contributed by atoms with Gasteiger partial charge in [0.15, 0.2) is 0 Å². The molecule has 0 aliphatic carbocycles. The van der Waals surface area contributed by atoms with Gasteiger partial charge in [-0.15, -0.1) is 0 Å². The summed E-state index contributed by atoms with van der Waals surface area (Å²) in [5, 5.41) is 22.4. The number of halogens is 2. The third-order valence-electron chi connectivity index (χ3n) is 2.82. The van der Waals surface area contributed by atoms with E-state index in [2.05, 4.69) is 5.32 Å². The second-order valence-corrected chi connectivity index (χ2v) is 4.57. The molecule has 0 bridgehead atoms. The van der Waals surface area contributed by atoms with Gasteiger partial charge in [-0.1, -0.05) is 23.7 Å². The van der Waals surface area contributed by atoms with Crippen LogP contribution in [0.1, 0.15) is 11.1 Å². The first-order chi connectivity index (χ1) is 10.0. The van der Waals surface area contributed by atoms with E-state index in [0.717, 1.165) is 6.07 Å². The molecule has 0 aliphatic rings. The summed E-state index contributed by atoms with van der Waals surface area (Å²) in [5.74, 6) is -0.550. The van der Waals surface area contributed by atoms with Crippen molar-refractivity contribution in [3.8, 4) is 6.07 Å². The van der Waals surface area contributed by atoms with E-state index in [4.69, 9.17) is 16.9 Å². The normalized spacial score (nSPS) is 9.95. The van der Waals surface area contributed by atoms with Crippen molar-refractivity contribution in [2.75, 3.05) is 5.32 Å². The van der Waals surface area contributed by atoms with Crippen LogP contribution in [0.15, 0.2) is 36.4 Å². The highest BCUT2D eigenvalue weighted by Gasteiger charge is 2.18. The molecule has 0 fully saturated rings. The molecule has 0 aliphatic heterocycles. The SMILES string of the molecule is N#Cc1ccc(CNc2cccc(Cl)c2[N+](=O)[O-])c(F)c1. The van der Waals surface area contributed by atoms with Crippen LogP contribution in [0, 0.1) is 27.3 Å². The zero-order valence-electron chi connectivity index (χ0n) is 10.6. The van der Waals surface area contributed by atoms with Gasteiger partial charge in [0.2, 0.25) is 0 Å². The van der Waals surface area contributed by atoms with Crippen LogP contribution in [-0.2, 0) is 6.54 Å². The lowest BCUT2D eigenvalue weighted by Gasteiger charge is -2.09. The minimum Gasteiger partial charge on any atom is -0.375 e. The van der Waals surface area contributed by atoms with Crippen molar-refractivity contribution in [1.82, 2.24) is 0 Å². The van der Waals surface area contributed by atoms with Crippen LogP contribution in [-0.4, -0.2) is 4.92 Å². The molecule has 0 atom stereocenters. The first-order valence-corrected chi connectivity index (χ1v) is 6.26. The Morgan fingerprint density at radius 1 is 1.38 bits per heavy atom. The fourth-order valence-electron chi connectivity index (χ4n) is 1.79. The van der Waals surface area contributed by atoms with E-state index in [1.807, 2.05) is 6.07 Å². The van der Waals surface area contributed by atoms with Gasteiger partial charge in [-0.25, -0.2) is 4.39 Å². The molecule has 21 heavy (non-hydrogen) atoms. The maximum Gasteiger partial charge on any atom is 0.310 e. The molecule has 0 saturated carbocycles. The summed E-state index contributed by atoms with van der Waals surface area (Å²) in [7, 11) is 0. The number of nitro benzene ring substituents is 1. The van der Waals surface area contributed by atoms with Crippen molar-refractivity contribution in [2.45, 2.75) is 6.54 Å². The average molecular weight is 306 g/mol. The van der Waals surface area contributed by atoms with Gasteiger partial charge in [0.1, 0.15) is 16.5 Å². The molecule has 0 unspecified atom stereocenters. The maximum atomic E-state index is 13.7. The van der Waals surface area contributed by atoms with Gasteiger partial charge < -0.3 is 5.32 Å². The van der Waals surface area contributed by atoms with E-state index in [-0.39, 0.29) is 28.5 Å². The molecule has 0 radical (unpaired) electrons. The van der Waals surface area contributed by atoms with Crippen molar-refractivity contribution >= 4 is 23.0 Å². The Hall–Kier alpha value is -2.65. The Kier molecular flexibility index (Phi) is 4.36. The second kappa shape index (κ2) is 6.20. The van der Waals surface area contributed by atoms with Crippen LogP contribution in [0.3, 0.4) is 0 Å². The number of nitrogens with zero attached hydrogens (tertiary/aromatic N) is 2. The first kappa shape index (κ1) is 14.8. The summed E-state index contributed by atoms with van der Waals surface area (Å²) < 4.78 is 13.7. The molecule has 0 saturated heterocycles. The number of benzene rings is 2. The number of nitrogens with one attached hydrogen (secondary N) is 1. The summed E-state index contributed by atoms with van der Waals surface area (Å²) in [5.41, 5.74) is 0.456. The standard InChI is InChI=1S/C14H9ClFN3O2/c15-11-2-1-3-13(14(11)19(20)21)18-8-10-5-4-9(7-17)6-12(10)16/h1-6,18H,8H2.